The molecule has 0 saturated carbocycles. The van der Waals surface area contributed by atoms with E-state index in [4.69, 9.17) is 10.5 Å². The van der Waals surface area contributed by atoms with Crippen LogP contribution in [-0.2, 0) is 24.4 Å². The van der Waals surface area contributed by atoms with Crippen molar-refractivity contribution in [2.75, 3.05) is 12.4 Å². The summed E-state index contributed by atoms with van der Waals surface area (Å²) in [4.78, 5) is 23.0. The molecule has 0 aliphatic carbocycles. The number of carbonyl (C=O) groups is 2. The van der Waals surface area contributed by atoms with Crippen molar-refractivity contribution in [3.63, 3.8) is 0 Å². The lowest BCUT2D eigenvalue weighted by atomic mass is 9.81. The Kier molecular flexibility index (Phi) is 7.15. The van der Waals surface area contributed by atoms with E-state index in [1.807, 2.05) is 0 Å². The standard InChI is InChI=1S/C12H23NO6S/c1-4-9(10(13)14)8-12(2,3)11(15)19-6-5-7-20(16,17)18/h9H,4-8H2,1-3H3,(H2,13,14)(H,16,17,18)/p-1. The van der Waals surface area contributed by atoms with Gasteiger partial charge in [-0.3, -0.25) is 9.59 Å². The van der Waals surface area contributed by atoms with Crippen molar-refractivity contribution in [1.82, 2.24) is 0 Å². The van der Waals surface area contributed by atoms with Crippen LogP contribution in [0.1, 0.15) is 40.0 Å². The van der Waals surface area contributed by atoms with Gasteiger partial charge in [0.2, 0.25) is 5.91 Å². The van der Waals surface area contributed by atoms with E-state index >= 15 is 0 Å². The molecule has 8 heteroatoms. The summed E-state index contributed by atoms with van der Waals surface area (Å²) in [5.41, 5.74) is 4.33. The molecule has 0 bridgehead atoms. The maximum atomic E-state index is 11.9. The first-order chi connectivity index (χ1) is 8.99. The summed E-state index contributed by atoms with van der Waals surface area (Å²) in [6.07, 6.45) is 0.749. The fourth-order valence-electron chi connectivity index (χ4n) is 1.74. The van der Waals surface area contributed by atoms with Crippen LogP contribution in [0.15, 0.2) is 0 Å². The van der Waals surface area contributed by atoms with Gasteiger partial charge in [0.15, 0.2) is 0 Å². The number of carbonyl (C=O) groups excluding carboxylic acids is 2. The van der Waals surface area contributed by atoms with Gasteiger partial charge < -0.3 is 15.0 Å². The summed E-state index contributed by atoms with van der Waals surface area (Å²) < 4.78 is 36.1. The number of hydrogen-bond donors (Lipinski definition) is 1. The zero-order chi connectivity index (χ0) is 16.0. The molecule has 20 heavy (non-hydrogen) atoms. The van der Waals surface area contributed by atoms with Gasteiger partial charge >= 0.3 is 5.97 Å². The molecule has 0 aromatic rings. The van der Waals surface area contributed by atoms with Gasteiger partial charge in [-0.2, -0.15) is 0 Å². The molecule has 0 heterocycles. The highest BCUT2D eigenvalue weighted by Gasteiger charge is 2.33. The maximum absolute atomic E-state index is 11.9. The third-order valence-corrected chi connectivity index (χ3v) is 3.76. The van der Waals surface area contributed by atoms with E-state index in [1.54, 1.807) is 20.8 Å². The van der Waals surface area contributed by atoms with E-state index in [0.717, 1.165) is 0 Å². The van der Waals surface area contributed by atoms with Gasteiger partial charge in [-0.05, 0) is 33.1 Å². The highest BCUT2D eigenvalue weighted by Crippen LogP contribution is 2.28. The van der Waals surface area contributed by atoms with Crippen molar-refractivity contribution in [1.29, 1.82) is 0 Å². The van der Waals surface area contributed by atoms with Gasteiger partial charge in [0.05, 0.1) is 22.1 Å². The molecule has 0 fully saturated rings. The summed E-state index contributed by atoms with van der Waals surface area (Å²) in [7, 11) is -4.29. The van der Waals surface area contributed by atoms with Gasteiger partial charge in [0.25, 0.3) is 0 Å². The molecule has 0 aliphatic heterocycles. The van der Waals surface area contributed by atoms with E-state index in [0.29, 0.717) is 6.42 Å². The molecule has 0 aromatic heterocycles. The topological polar surface area (TPSA) is 127 Å². The van der Waals surface area contributed by atoms with Gasteiger partial charge in [-0.1, -0.05) is 6.92 Å². The normalized spacial score (nSPS) is 13.8. The molecule has 1 atom stereocenters. The number of nitrogens with two attached hydrogens (primary N) is 1. The molecular formula is C12H22NO6S-. The van der Waals surface area contributed by atoms with E-state index in [-0.39, 0.29) is 19.4 Å². The molecule has 0 radical (unpaired) electrons. The number of primary amides is 1. The minimum atomic E-state index is -4.29. The van der Waals surface area contributed by atoms with Crippen molar-refractivity contribution in [2.24, 2.45) is 17.1 Å². The van der Waals surface area contributed by atoms with Crippen molar-refractivity contribution < 1.29 is 27.3 Å². The number of ether oxygens (including phenoxy) is 1. The summed E-state index contributed by atoms with van der Waals surface area (Å²) in [6, 6.07) is 0. The Labute approximate surface area is 119 Å². The number of hydrogen-bond acceptors (Lipinski definition) is 6. The Morgan fingerprint density at radius 3 is 2.30 bits per heavy atom. The van der Waals surface area contributed by atoms with E-state index in [9.17, 15) is 22.6 Å². The lowest BCUT2D eigenvalue weighted by Crippen LogP contribution is -2.34. The van der Waals surface area contributed by atoms with Crippen LogP contribution in [0.5, 0.6) is 0 Å². The highest BCUT2D eigenvalue weighted by atomic mass is 32.2. The van der Waals surface area contributed by atoms with Crippen LogP contribution in [0.3, 0.4) is 0 Å². The van der Waals surface area contributed by atoms with Crippen LogP contribution >= 0.6 is 0 Å². The zero-order valence-corrected chi connectivity index (χ0v) is 12.9. The minimum Gasteiger partial charge on any atom is -0.748 e. The average molecular weight is 308 g/mol. The SMILES string of the molecule is CCC(CC(C)(C)C(=O)OCCCS(=O)(=O)[O-])C(N)=O. The molecule has 0 spiro atoms. The molecule has 1 amide bonds. The van der Waals surface area contributed by atoms with E-state index in [2.05, 4.69) is 0 Å². The Morgan fingerprint density at radius 2 is 1.90 bits per heavy atom. The number of esters is 1. The fourth-order valence-corrected chi connectivity index (χ4v) is 2.21. The van der Waals surface area contributed by atoms with Crippen molar-refractivity contribution in [2.45, 2.75) is 40.0 Å². The summed E-state index contributed by atoms with van der Waals surface area (Å²) in [6.45, 7) is 4.92. The van der Waals surface area contributed by atoms with E-state index < -0.39 is 39.1 Å². The molecule has 2 N–H and O–H groups in total. The van der Waals surface area contributed by atoms with Crippen molar-refractivity contribution in [3.8, 4) is 0 Å². The minimum absolute atomic E-state index is 0.0410. The Bertz CT molecular complexity index is 443. The quantitative estimate of drug-likeness (QED) is 0.373. The molecule has 118 valence electrons. The molecule has 0 saturated heterocycles. The molecular weight excluding hydrogens is 286 g/mol. The molecule has 0 aromatic carbocycles. The van der Waals surface area contributed by atoms with Gasteiger partial charge in [0.1, 0.15) is 0 Å². The first-order valence-electron chi connectivity index (χ1n) is 6.39. The van der Waals surface area contributed by atoms with Crippen LogP contribution in [0.25, 0.3) is 0 Å². The fraction of sp³-hybridized carbons (Fsp3) is 0.833. The van der Waals surface area contributed by atoms with Gasteiger partial charge in [-0.15, -0.1) is 0 Å². The van der Waals surface area contributed by atoms with Crippen LogP contribution in [0, 0.1) is 11.3 Å². The maximum Gasteiger partial charge on any atom is 0.311 e. The first-order valence-corrected chi connectivity index (χ1v) is 7.97. The largest absolute Gasteiger partial charge is 0.748 e. The third-order valence-electron chi connectivity index (χ3n) is 2.98. The van der Waals surface area contributed by atoms with Crippen LogP contribution < -0.4 is 5.73 Å². The Balaban J connectivity index is 4.34. The number of amides is 1. The van der Waals surface area contributed by atoms with Crippen molar-refractivity contribution in [3.05, 3.63) is 0 Å². The monoisotopic (exact) mass is 308 g/mol. The predicted molar refractivity (Wildman–Crippen MR) is 71.5 cm³/mol. The second-order valence-electron chi connectivity index (χ2n) is 5.35. The predicted octanol–water partition coefficient (Wildman–Crippen LogP) is 0.393. The molecule has 1 unspecified atom stereocenters. The first kappa shape index (κ1) is 18.9. The smallest absolute Gasteiger partial charge is 0.311 e. The van der Waals surface area contributed by atoms with E-state index in [1.165, 1.54) is 0 Å². The molecule has 7 nitrogen and oxygen atoms in total. The highest BCUT2D eigenvalue weighted by molar-refractivity contribution is 7.85. The Morgan fingerprint density at radius 1 is 1.35 bits per heavy atom. The van der Waals surface area contributed by atoms with Crippen LogP contribution in [0.2, 0.25) is 0 Å². The second kappa shape index (κ2) is 7.58. The lowest BCUT2D eigenvalue weighted by Gasteiger charge is -2.25. The second-order valence-corrected chi connectivity index (χ2v) is 6.87. The van der Waals surface area contributed by atoms with Crippen LogP contribution in [0.4, 0.5) is 0 Å². The third kappa shape index (κ3) is 7.44. The van der Waals surface area contributed by atoms with Gasteiger partial charge in [-0.25, -0.2) is 8.42 Å². The van der Waals surface area contributed by atoms with Gasteiger partial charge in [0, 0.05) is 11.7 Å². The summed E-state index contributed by atoms with van der Waals surface area (Å²) >= 11 is 0. The molecule has 0 rings (SSSR count). The van der Waals surface area contributed by atoms with Crippen LogP contribution in [-0.4, -0.2) is 37.2 Å². The lowest BCUT2D eigenvalue weighted by molar-refractivity contribution is -0.155. The number of rotatable bonds is 9. The zero-order valence-electron chi connectivity index (χ0n) is 12.0. The summed E-state index contributed by atoms with van der Waals surface area (Å²) in [5.74, 6) is -1.99. The average Bonchev–Trinajstić information content (AvgIpc) is 2.29. The summed E-state index contributed by atoms with van der Waals surface area (Å²) in [5, 5.41) is 0. The Hall–Kier alpha value is -1.15. The van der Waals surface area contributed by atoms with Crippen molar-refractivity contribution >= 4 is 22.0 Å². The molecule has 0 aliphatic rings.